The van der Waals surface area contributed by atoms with Gasteiger partial charge in [0.05, 0.1) is 13.7 Å². The number of carbonyl (C=O) groups is 1. The molecular formula is C21H22N2O4S2. The first-order chi connectivity index (χ1) is 13.9. The van der Waals surface area contributed by atoms with E-state index in [1.807, 2.05) is 36.6 Å². The van der Waals surface area contributed by atoms with Crippen molar-refractivity contribution < 1.29 is 17.9 Å². The summed E-state index contributed by atoms with van der Waals surface area (Å²) < 4.78 is 33.6. The van der Waals surface area contributed by atoms with Crippen LogP contribution in [0.4, 0.5) is 5.69 Å². The maximum absolute atomic E-state index is 12.9. The van der Waals surface area contributed by atoms with Gasteiger partial charge < -0.3 is 10.1 Å². The average molecular weight is 431 g/mol. The summed E-state index contributed by atoms with van der Waals surface area (Å²) in [6, 6.07) is 15.3. The average Bonchev–Trinajstić information content (AvgIpc) is 3.25. The maximum Gasteiger partial charge on any atom is 0.265 e. The van der Waals surface area contributed by atoms with Crippen LogP contribution >= 0.6 is 11.3 Å². The summed E-state index contributed by atoms with van der Waals surface area (Å²) in [5.74, 6) is -0.192. The van der Waals surface area contributed by atoms with Gasteiger partial charge in [-0.1, -0.05) is 25.1 Å². The lowest BCUT2D eigenvalue weighted by Crippen LogP contribution is -2.23. The van der Waals surface area contributed by atoms with Gasteiger partial charge in [0.15, 0.2) is 0 Å². The lowest BCUT2D eigenvalue weighted by Gasteiger charge is -2.13. The molecule has 0 aliphatic heterocycles. The molecule has 0 bridgehead atoms. The highest BCUT2D eigenvalue weighted by Crippen LogP contribution is 2.27. The second-order valence-corrected chi connectivity index (χ2v) is 8.97. The zero-order valence-electron chi connectivity index (χ0n) is 16.1. The van der Waals surface area contributed by atoms with Gasteiger partial charge in [0, 0.05) is 16.1 Å². The molecule has 0 unspecified atom stereocenters. The lowest BCUT2D eigenvalue weighted by atomic mass is 10.2. The molecule has 0 radical (unpaired) electrons. The molecule has 0 spiro atoms. The molecule has 6 nitrogen and oxygen atoms in total. The first-order valence-electron chi connectivity index (χ1n) is 9.03. The standard InChI is InChI=1S/C21H22N2O4S2/c1-3-15-6-9-17(10-7-15)23-29(25,26)20-13-16(8-11-19(20)27-2)21(24)22-14-18-5-4-12-28-18/h4-13,23H,3,14H2,1-2H3,(H,22,24). The third-order valence-electron chi connectivity index (χ3n) is 4.33. The summed E-state index contributed by atoms with van der Waals surface area (Å²) in [5, 5.41) is 4.72. The van der Waals surface area contributed by atoms with Gasteiger partial charge in [-0.3, -0.25) is 9.52 Å². The van der Waals surface area contributed by atoms with E-state index in [4.69, 9.17) is 4.74 Å². The summed E-state index contributed by atoms with van der Waals surface area (Å²) in [5.41, 5.74) is 1.79. The van der Waals surface area contributed by atoms with Crippen molar-refractivity contribution in [3.8, 4) is 5.75 Å². The fourth-order valence-corrected chi connectivity index (χ4v) is 4.63. The fraction of sp³-hybridized carbons (Fsp3) is 0.190. The van der Waals surface area contributed by atoms with E-state index >= 15 is 0 Å². The van der Waals surface area contributed by atoms with Gasteiger partial charge >= 0.3 is 0 Å². The molecule has 8 heteroatoms. The number of nitrogens with one attached hydrogen (secondary N) is 2. The highest BCUT2D eigenvalue weighted by Gasteiger charge is 2.22. The van der Waals surface area contributed by atoms with Crippen LogP contribution in [0.1, 0.15) is 27.7 Å². The van der Waals surface area contributed by atoms with Crippen molar-refractivity contribution in [2.45, 2.75) is 24.8 Å². The highest BCUT2D eigenvalue weighted by molar-refractivity contribution is 7.92. The smallest absolute Gasteiger partial charge is 0.265 e. The second kappa shape index (κ2) is 9.11. The van der Waals surface area contributed by atoms with Crippen molar-refractivity contribution in [2.24, 2.45) is 0 Å². The van der Waals surface area contributed by atoms with E-state index in [0.717, 1.165) is 16.9 Å². The Morgan fingerprint density at radius 3 is 2.48 bits per heavy atom. The Hall–Kier alpha value is -2.84. The van der Waals surface area contributed by atoms with Gasteiger partial charge in [0.2, 0.25) is 0 Å². The van der Waals surface area contributed by atoms with Crippen LogP contribution in [-0.4, -0.2) is 21.4 Å². The van der Waals surface area contributed by atoms with E-state index < -0.39 is 10.0 Å². The largest absolute Gasteiger partial charge is 0.495 e. The minimum Gasteiger partial charge on any atom is -0.495 e. The Balaban J connectivity index is 1.83. The number of amides is 1. The predicted molar refractivity (Wildman–Crippen MR) is 115 cm³/mol. The number of sulfonamides is 1. The minimum atomic E-state index is -3.94. The van der Waals surface area contributed by atoms with Crippen LogP contribution in [-0.2, 0) is 23.0 Å². The van der Waals surface area contributed by atoms with Gasteiger partial charge in [-0.15, -0.1) is 11.3 Å². The molecule has 0 fully saturated rings. The first-order valence-corrected chi connectivity index (χ1v) is 11.4. The van der Waals surface area contributed by atoms with E-state index in [-0.39, 0.29) is 22.1 Å². The molecule has 1 aromatic heterocycles. The Bertz CT molecular complexity index is 1080. The normalized spacial score (nSPS) is 11.1. The fourth-order valence-electron chi connectivity index (χ4n) is 2.73. The predicted octanol–water partition coefficient (Wildman–Crippen LogP) is 4.05. The zero-order chi connectivity index (χ0) is 20.9. The van der Waals surface area contributed by atoms with Gasteiger partial charge in [-0.05, 0) is 53.8 Å². The molecule has 0 saturated heterocycles. The Labute approximate surface area is 174 Å². The third kappa shape index (κ3) is 5.16. The van der Waals surface area contributed by atoms with Crippen LogP contribution in [0, 0.1) is 0 Å². The molecule has 1 amide bonds. The van der Waals surface area contributed by atoms with Crippen LogP contribution in [0.5, 0.6) is 5.75 Å². The molecule has 29 heavy (non-hydrogen) atoms. The third-order valence-corrected chi connectivity index (χ3v) is 6.61. The molecule has 1 heterocycles. The number of carbonyl (C=O) groups excluding carboxylic acids is 1. The van der Waals surface area contributed by atoms with E-state index in [0.29, 0.717) is 12.2 Å². The number of benzene rings is 2. The SMILES string of the molecule is CCc1ccc(NS(=O)(=O)c2cc(C(=O)NCc3cccs3)ccc2OC)cc1. The molecular weight excluding hydrogens is 408 g/mol. The molecule has 2 N–H and O–H groups in total. The van der Waals surface area contributed by atoms with Crippen LogP contribution < -0.4 is 14.8 Å². The van der Waals surface area contributed by atoms with Gasteiger partial charge in [0.25, 0.3) is 15.9 Å². The molecule has 2 aromatic carbocycles. The molecule has 3 aromatic rings. The number of thiophene rings is 1. The summed E-state index contributed by atoms with van der Waals surface area (Å²) in [4.78, 5) is 13.4. The van der Waals surface area contributed by atoms with E-state index in [1.165, 1.54) is 36.6 Å². The number of ether oxygens (including phenoxy) is 1. The minimum absolute atomic E-state index is 0.0941. The Morgan fingerprint density at radius 1 is 1.10 bits per heavy atom. The lowest BCUT2D eigenvalue weighted by molar-refractivity contribution is 0.0951. The molecule has 3 rings (SSSR count). The van der Waals surface area contributed by atoms with Gasteiger partial charge in [-0.2, -0.15) is 0 Å². The summed E-state index contributed by atoms with van der Waals surface area (Å²) in [6.07, 6.45) is 0.865. The molecule has 0 saturated carbocycles. The summed E-state index contributed by atoms with van der Waals surface area (Å²) >= 11 is 1.54. The van der Waals surface area contributed by atoms with Crippen LogP contribution in [0.3, 0.4) is 0 Å². The number of hydrogen-bond acceptors (Lipinski definition) is 5. The van der Waals surface area contributed by atoms with Crippen molar-refractivity contribution >= 4 is 33.0 Å². The number of methoxy groups -OCH3 is 1. The van der Waals surface area contributed by atoms with Crippen LogP contribution in [0.15, 0.2) is 64.9 Å². The Kier molecular flexibility index (Phi) is 6.56. The molecule has 152 valence electrons. The van der Waals surface area contributed by atoms with Gasteiger partial charge in [-0.25, -0.2) is 8.42 Å². The van der Waals surface area contributed by atoms with E-state index in [9.17, 15) is 13.2 Å². The van der Waals surface area contributed by atoms with Crippen molar-refractivity contribution in [1.29, 1.82) is 0 Å². The maximum atomic E-state index is 12.9. The van der Waals surface area contributed by atoms with Crippen molar-refractivity contribution in [3.05, 3.63) is 76.0 Å². The Morgan fingerprint density at radius 2 is 1.86 bits per heavy atom. The number of hydrogen-bond donors (Lipinski definition) is 2. The highest BCUT2D eigenvalue weighted by atomic mass is 32.2. The zero-order valence-corrected chi connectivity index (χ0v) is 17.8. The number of anilines is 1. The van der Waals surface area contributed by atoms with Crippen LogP contribution in [0.2, 0.25) is 0 Å². The molecule has 0 aliphatic rings. The van der Waals surface area contributed by atoms with Crippen molar-refractivity contribution in [3.63, 3.8) is 0 Å². The molecule has 0 aliphatic carbocycles. The number of rotatable bonds is 8. The molecule has 0 atom stereocenters. The topological polar surface area (TPSA) is 84.5 Å². The number of aryl methyl sites for hydroxylation is 1. The van der Waals surface area contributed by atoms with Gasteiger partial charge in [0.1, 0.15) is 10.6 Å². The van der Waals surface area contributed by atoms with Crippen LogP contribution in [0.25, 0.3) is 0 Å². The summed E-state index contributed by atoms with van der Waals surface area (Å²) in [6.45, 7) is 2.41. The first kappa shape index (κ1) is 20.9. The quantitative estimate of drug-likeness (QED) is 0.565. The summed E-state index contributed by atoms with van der Waals surface area (Å²) in [7, 11) is -2.55. The van der Waals surface area contributed by atoms with Crippen molar-refractivity contribution in [2.75, 3.05) is 11.8 Å². The second-order valence-electron chi connectivity index (χ2n) is 6.28. The van der Waals surface area contributed by atoms with Crippen molar-refractivity contribution in [1.82, 2.24) is 5.32 Å². The monoisotopic (exact) mass is 430 g/mol. The van der Waals surface area contributed by atoms with E-state index in [2.05, 4.69) is 10.0 Å². The van der Waals surface area contributed by atoms with E-state index in [1.54, 1.807) is 12.1 Å².